The summed E-state index contributed by atoms with van der Waals surface area (Å²) in [5.74, 6) is 1.63. The Balaban J connectivity index is 2.05. The maximum Gasteiger partial charge on any atom is 0.215 e. The van der Waals surface area contributed by atoms with Gasteiger partial charge in [-0.05, 0) is 31.2 Å². The van der Waals surface area contributed by atoms with Crippen LogP contribution in [0.3, 0.4) is 0 Å². The Morgan fingerprint density at radius 2 is 2.29 bits per heavy atom. The second kappa shape index (κ2) is 4.94. The van der Waals surface area contributed by atoms with Crippen molar-refractivity contribution in [1.82, 2.24) is 4.98 Å². The normalized spacial score (nSPS) is 22.4. The molecule has 1 unspecified atom stereocenters. The predicted octanol–water partition coefficient (Wildman–Crippen LogP) is 3.47. The molecule has 0 aromatic carbocycles. The number of aromatic nitrogens is 1. The van der Waals surface area contributed by atoms with Crippen LogP contribution in [0, 0.1) is 5.41 Å². The maximum absolute atomic E-state index is 5.41. The minimum atomic E-state index is 0.364. The first-order valence-corrected chi connectivity index (χ1v) is 6.48. The molecule has 1 aromatic rings. The van der Waals surface area contributed by atoms with Gasteiger partial charge in [0.05, 0.1) is 6.61 Å². The molecule has 3 nitrogen and oxygen atoms in total. The van der Waals surface area contributed by atoms with Gasteiger partial charge in [-0.3, -0.25) is 0 Å². The molecule has 1 aliphatic carbocycles. The van der Waals surface area contributed by atoms with Crippen molar-refractivity contribution >= 4 is 5.82 Å². The molecule has 1 saturated carbocycles. The van der Waals surface area contributed by atoms with Gasteiger partial charge in [0, 0.05) is 12.1 Å². The van der Waals surface area contributed by atoms with Crippen molar-refractivity contribution in [1.29, 1.82) is 0 Å². The molecule has 1 heterocycles. The lowest BCUT2D eigenvalue weighted by molar-refractivity contribution is 0.326. The lowest BCUT2D eigenvalue weighted by Crippen LogP contribution is -2.31. The van der Waals surface area contributed by atoms with Gasteiger partial charge in [-0.1, -0.05) is 26.3 Å². The summed E-state index contributed by atoms with van der Waals surface area (Å²) in [6.07, 6.45) is 3.82. The number of nitrogens with zero attached hydrogens (tertiary/aromatic N) is 1. The summed E-state index contributed by atoms with van der Waals surface area (Å²) in [5, 5.41) is 3.54. The van der Waals surface area contributed by atoms with E-state index in [0.717, 1.165) is 5.82 Å². The van der Waals surface area contributed by atoms with Gasteiger partial charge in [0.25, 0.3) is 0 Å². The van der Waals surface area contributed by atoms with Crippen molar-refractivity contribution in [3.63, 3.8) is 0 Å². The number of hydrogen-bond donors (Lipinski definition) is 1. The number of anilines is 1. The van der Waals surface area contributed by atoms with Crippen molar-refractivity contribution in [2.75, 3.05) is 11.9 Å². The molecule has 0 bridgehead atoms. The molecule has 0 saturated heterocycles. The van der Waals surface area contributed by atoms with Crippen molar-refractivity contribution in [2.24, 2.45) is 5.41 Å². The molecule has 0 amide bonds. The first kappa shape index (κ1) is 12.2. The number of hydrogen-bond acceptors (Lipinski definition) is 3. The molecule has 17 heavy (non-hydrogen) atoms. The SMILES string of the molecule is CCOc1cccc(NC2CCCC2(C)C)n1. The maximum atomic E-state index is 5.41. The zero-order valence-electron chi connectivity index (χ0n) is 11.0. The van der Waals surface area contributed by atoms with Gasteiger partial charge in [0.15, 0.2) is 0 Å². The predicted molar refractivity (Wildman–Crippen MR) is 70.4 cm³/mol. The Morgan fingerprint density at radius 1 is 1.47 bits per heavy atom. The molecular formula is C14H22N2O. The average Bonchev–Trinajstić information content (AvgIpc) is 2.59. The van der Waals surface area contributed by atoms with Crippen LogP contribution in [0.2, 0.25) is 0 Å². The molecule has 0 radical (unpaired) electrons. The van der Waals surface area contributed by atoms with Crippen LogP contribution in [0.4, 0.5) is 5.82 Å². The molecule has 1 atom stereocenters. The molecular weight excluding hydrogens is 212 g/mol. The number of pyridine rings is 1. The highest BCUT2D eigenvalue weighted by Crippen LogP contribution is 2.38. The molecule has 1 aliphatic rings. The summed E-state index contributed by atoms with van der Waals surface area (Å²) < 4.78 is 5.41. The zero-order valence-corrected chi connectivity index (χ0v) is 11.0. The van der Waals surface area contributed by atoms with Gasteiger partial charge in [0.2, 0.25) is 5.88 Å². The zero-order chi connectivity index (χ0) is 12.3. The summed E-state index contributed by atoms with van der Waals surface area (Å²) in [7, 11) is 0. The molecule has 2 rings (SSSR count). The third kappa shape index (κ3) is 2.90. The molecule has 1 N–H and O–H groups in total. The molecule has 1 fully saturated rings. The average molecular weight is 234 g/mol. The summed E-state index contributed by atoms with van der Waals surface area (Å²) >= 11 is 0. The third-order valence-corrected chi connectivity index (χ3v) is 3.60. The highest BCUT2D eigenvalue weighted by atomic mass is 16.5. The Bertz CT molecular complexity index is 376. The van der Waals surface area contributed by atoms with Gasteiger partial charge in [-0.25, -0.2) is 0 Å². The van der Waals surface area contributed by atoms with Gasteiger partial charge in [0.1, 0.15) is 5.82 Å². The molecule has 0 aliphatic heterocycles. The Labute approximate surface area is 104 Å². The monoisotopic (exact) mass is 234 g/mol. The van der Waals surface area contributed by atoms with Gasteiger partial charge in [-0.2, -0.15) is 4.98 Å². The van der Waals surface area contributed by atoms with Crippen molar-refractivity contribution < 1.29 is 4.74 Å². The Morgan fingerprint density at radius 3 is 2.94 bits per heavy atom. The second-order valence-electron chi connectivity index (χ2n) is 5.37. The quantitative estimate of drug-likeness (QED) is 0.866. The molecule has 0 spiro atoms. The summed E-state index contributed by atoms with van der Waals surface area (Å²) in [4.78, 5) is 4.46. The van der Waals surface area contributed by atoms with Crippen molar-refractivity contribution in [3.8, 4) is 5.88 Å². The smallest absolute Gasteiger partial charge is 0.215 e. The molecule has 94 valence electrons. The number of rotatable bonds is 4. The minimum absolute atomic E-state index is 0.364. The van der Waals surface area contributed by atoms with E-state index in [0.29, 0.717) is 23.9 Å². The lowest BCUT2D eigenvalue weighted by Gasteiger charge is -2.28. The Kier molecular flexibility index (Phi) is 3.55. The van der Waals surface area contributed by atoms with Crippen molar-refractivity contribution in [3.05, 3.63) is 18.2 Å². The van der Waals surface area contributed by atoms with E-state index in [-0.39, 0.29) is 0 Å². The van der Waals surface area contributed by atoms with Crippen LogP contribution in [0.5, 0.6) is 5.88 Å². The summed E-state index contributed by atoms with van der Waals surface area (Å²) in [6.45, 7) is 7.28. The van der Waals surface area contributed by atoms with E-state index in [1.54, 1.807) is 0 Å². The lowest BCUT2D eigenvalue weighted by atomic mass is 9.87. The van der Waals surface area contributed by atoms with E-state index in [9.17, 15) is 0 Å². The van der Waals surface area contributed by atoms with Gasteiger partial charge >= 0.3 is 0 Å². The molecule has 3 heteroatoms. The number of nitrogens with one attached hydrogen (secondary N) is 1. The van der Waals surface area contributed by atoms with E-state index < -0.39 is 0 Å². The van der Waals surface area contributed by atoms with E-state index >= 15 is 0 Å². The summed E-state index contributed by atoms with van der Waals surface area (Å²) in [6, 6.07) is 6.42. The fourth-order valence-electron chi connectivity index (χ4n) is 2.50. The second-order valence-corrected chi connectivity index (χ2v) is 5.37. The van der Waals surface area contributed by atoms with E-state index in [4.69, 9.17) is 4.74 Å². The standard InChI is InChI=1S/C14H22N2O/c1-4-17-13-9-5-8-12(16-13)15-11-7-6-10-14(11,2)3/h5,8-9,11H,4,6-7,10H2,1-3H3,(H,15,16). The van der Waals surface area contributed by atoms with Crippen LogP contribution in [0.25, 0.3) is 0 Å². The summed E-state index contributed by atoms with van der Waals surface area (Å²) in [5.41, 5.74) is 0.364. The van der Waals surface area contributed by atoms with E-state index in [1.165, 1.54) is 19.3 Å². The number of ether oxygens (including phenoxy) is 1. The largest absolute Gasteiger partial charge is 0.478 e. The first-order valence-electron chi connectivity index (χ1n) is 6.48. The minimum Gasteiger partial charge on any atom is -0.478 e. The van der Waals surface area contributed by atoms with Gasteiger partial charge in [-0.15, -0.1) is 0 Å². The van der Waals surface area contributed by atoms with Crippen LogP contribution < -0.4 is 10.1 Å². The third-order valence-electron chi connectivity index (χ3n) is 3.60. The highest BCUT2D eigenvalue weighted by Gasteiger charge is 2.34. The fourth-order valence-corrected chi connectivity index (χ4v) is 2.50. The molecule has 1 aromatic heterocycles. The van der Waals surface area contributed by atoms with Crippen LogP contribution in [-0.4, -0.2) is 17.6 Å². The van der Waals surface area contributed by atoms with Gasteiger partial charge < -0.3 is 10.1 Å². The van der Waals surface area contributed by atoms with E-state index in [1.807, 2.05) is 25.1 Å². The highest BCUT2D eigenvalue weighted by molar-refractivity contribution is 5.39. The fraction of sp³-hybridized carbons (Fsp3) is 0.643. The van der Waals surface area contributed by atoms with Crippen LogP contribution in [0.15, 0.2) is 18.2 Å². The first-order chi connectivity index (χ1) is 8.12. The van der Waals surface area contributed by atoms with E-state index in [2.05, 4.69) is 24.1 Å². The van der Waals surface area contributed by atoms with Crippen LogP contribution in [0.1, 0.15) is 40.0 Å². The van der Waals surface area contributed by atoms with Crippen LogP contribution in [-0.2, 0) is 0 Å². The van der Waals surface area contributed by atoms with Crippen molar-refractivity contribution in [2.45, 2.75) is 46.1 Å². The van der Waals surface area contributed by atoms with Crippen LogP contribution >= 0.6 is 0 Å². The topological polar surface area (TPSA) is 34.1 Å². The Hall–Kier alpha value is -1.25.